The van der Waals surface area contributed by atoms with E-state index in [1.807, 2.05) is 32.0 Å². The molecule has 0 aromatic heterocycles. The van der Waals surface area contributed by atoms with Gasteiger partial charge in [0.2, 0.25) is 0 Å². The van der Waals surface area contributed by atoms with Crippen LogP contribution in [0.1, 0.15) is 11.1 Å². The molecule has 0 radical (unpaired) electrons. The molecule has 0 aliphatic carbocycles. The number of carbonyl (C=O) groups is 2. The Balaban J connectivity index is 1.94. The first kappa shape index (κ1) is 21.6. The van der Waals surface area contributed by atoms with Crippen molar-refractivity contribution in [3.8, 4) is 0 Å². The lowest BCUT2D eigenvalue weighted by Crippen LogP contribution is -3.11. The maximum absolute atomic E-state index is 12.3. The van der Waals surface area contributed by atoms with E-state index in [1.54, 1.807) is 19.2 Å². The van der Waals surface area contributed by atoms with Gasteiger partial charge in [-0.3, -0.25) is 9.59 Å². The van der Waals surface area contributed by atoms with Crippen LogP contribution in [0.3, 0.4) is 0 Å². The van der Waals surface area contributed by atoms with E-state index in [9.17, 15) is 18.0 Å². The Bertz CT molecular complexity index is 987. The van der Waals surface area contributed by atoms with Crippen molar-refractivity contribution in [1.29, 1.82) is 0 Å². The molecule has 8 heteroatoms. The zero-order chi connectivity index (χ0) is 20.9. The Hall–Kier alpha value is -2.71. The largest absolute Gasteiger partial charge is 0.322 e. The standard InChI is InChI=1S/C20H25N3O4S/c1-14-8-7-10-16(15(14)2)21-19(24)12-23(3)13-20(25)22-17-9-5-6-11-18(17)28(4,26)27/h5-11H,12-13H2,1-4H3,(H,21,24)(H,22,25)/p+1. The Morgan fingerprint density at radius 3 is 2.04 bits per heavy atom. The van der Waals surface area contributed by atoms with Crippen LogP contribution in [0.25, 0.3) is 0 Å². The third kappa shape index (κ3) is 5.90. The van der Waals surface area contributed by atoms with Crippen LogP contribution >= 0.6 is 0 Å². The Kier molecular flexibility index (Phi) is 6.93. The molecule has 3 N–H and O–H groups in total. The molecule has 0 fully saturated rings. The summed E-state index contributed by atoms with van der Waals surface area (Å²) in [5.41, 5.74) is 3.08. The Morgan fingerprint density at radius 1 is 0.893 bits per heavy atom. The van der Waals surface area contributed by atoms with Crippen molar-refractivity contribution in [2.24, 2.45) is 0 Å². The van der Waals surface area contributed by atoms with Crippen LogP contribution in [0.4, 0.5) is 11.4 Å². The number of hydrogen-bond donors (Lipinski definition) is 3. The van der Waals surface area contributed by atoms with Crippen molar-refractivity contribution in [2.45, 2.75) is 18.7 Å². The highest BCUT2D eigenvalue weighted by Crippen LogP contribution is 2.20. The minimum absolute atomic E-state index is 0.0261. The minimum Gasteiger partial charge on any atom is -0.322 e. The third-order valence-electron chi connectivity index (χ3n) is 4.36. The van der Waals surface area contributed by atoms with E-state index in [0.29, 0.717) is 4.90 Å². The van der Waals surface area contributed by atoms with Crippen molar-refractivity contribution >= 4 is 33.0 Å². The lowest BCUT2D eigenvalue weighted by molar-refractivity contribution is -0.862. The fraction of sp³-hybridized carbons (Fsp3) is 0.300. The number of hydrogen-bond acceptors (Lipinski definition) is 4. The highest BCUT2D eigenvalue weighted by Gasteiger charge is 2.18. The van der Waals surface area contributed by atoms with Gasteiger partial charge in [0, 0.05) is 11.9 Å². The molecule has 0 saturated carbocycles. The van der Waals surface area contributed by atoms with Gasteiger partial charge in [-0.2, -0.15) is 0 Å². The average Bonchev–Trinajstić information content (AvgIpc) is 2.58. The number of likely N-dealkylation sites (N-methyl/N-ethyl adjacent to an activating group) is 1. The van der Waals surface area contributed by atoms with Gasteiger partial charge < -0.3 is 15.5 Å². The number of benzene rings is 2. The molecule has 0 aliphatic heterocycles. The molecule has 2 aromatic rings. The van der Waals surface area contributed by atoms with Crippen LogP contribution in [0.2, 0.25) is 0 Å². The van der Waals surface area contributed by atoms with Crippen molar-refractivity contribution in [3.05, 3.63) is 53.6 Å². The molecule has 1 atom stereocenters. The van der Waals surface area contributed by atoms with Gasteiger partial charge in [-0.1, -0.05) is 24.3 Å². The highest BCUT2D eigenvalue weighted by molar-refractivity contribution is 7.90. The lowest BCUT2D eigenvalue weighted by atomic mass is 10.1. The van der Waals surface area contributed by atoms with Gasteiger partial charge in [0.1, 0.15) is 0 Å². The average molecular weight is 405 g/mol. The molecule has 7 nitrogen and oxygen atoms in total. The summed E-state index contributed by atoms with van der Waals surface area (Å²) in [5, 5.41) is 5.48. The van der Waals surface area contributed by atoms with Gasteiger partial charge in [0.25, 0.3) is 11.8 Å². The molecule has 0 bridgehead atoms. The zero-order valence-electron chi connectivity index (χ0n) is 16.5. The maximum atomic E-state index is 12.3. The van der Waals surface area contributed by atoms with E-state index < -0.39 is 9.84 Å². The topological polar surface area (TPSA) is 96.8 Å². The first-order chi connectivity index (χ1) is 13.1. The summed E-state index contributed by atoms with van der Waals surface area (Å²) >= 11 is 0. The number of nitrogens with one attached hydrogen (secondary N) is 3. The first-order valence-electron chi connectivity index (χ1n) is 8.84. The molecule has 0 saturated heterocycles. The van der Waals surface area contributed by atoms with E-state index in [2.05, 4.69) is 10.6 Å². The van der Waals surface area contributed by atoms with Crippen molar-refractivity contribution in [1.82, 2.24) is 0 Å². The monoisotopic (exact) mass is 404 g/mol. The summed E-state index contributed by atoms with van der Waals surface area (Å²) in [6, 6.07) is 11.9. The summed E-state index contributed by atoms with van der Waals surface area (Å²) in [7, 11) is -1.73. The SMILES string of the molecule is Cc1cccc(NC(=O)C[NH+](C)CC(=O)Nc2ccccc2S(C)(=O)=O)c1C. The third-order valence-corrected chi connectivity index (χ3v) is 5.52. The van der Waals surface area contributed by atoms with Crippen LogP contribution in [-0.4, -0.2) is 46.6 Å². The van der Waals surface area contributed by atoms with Crippen molar-refractivity contribution in [3.63, 3.8) is 0 Å². The molecular weight excluding hydrogens is 378 g/mol. The van der Waals surface area contributed by atoms with Crippen LogP contribution in [0.15, 0.2) is 47.4 Å². The maximum Gasteiger partial charge on any atom is 0.279 e. The Morgan fingerprint density at radius 2 is 1.43 bits per heavy atom. The quantitative estimate of drug-likeness (QED) is 0.636. The smallest absolute Gasteiger partial charge is 0.279 e. The van der Waals surface area contributed by atoms with Crippen LogP contribution in [0.5, 0.6) is 0 Å². The number of rotatable bonds is 7. The van der Waals surface area contributed by atoms with Crippen LogP contribution in [-0.2, 0) is 19.4 Å². The van der Waals surface area contributed by atoms with Gasteiger partial charge in [-0.15, -0.1) is 0 Å². The molecule has 2 rings (SSSR count). The van der Waals surface area contributed by atoms with E-state index in [4.69, 9.17) is 0 Å². The molecule has 1 unspecified atom stereocenters. The van der Waals surface area contributed by atoms with Crippen molar-refractivity contribution < 1.29 is 22.9 Å². The minimum atomic E-state index is -3.45. The summed E-state index contributed by atoms with van der Waals surface area (Å²) in [6.07, 6.45) is 1.09. The fourth-order valence-corrected chi connectivity index (χ4v) is 3.62. The van der Waals surface area contributed by atoms with Gasteiger partial charge in [0.05, 0.1) is 17.6 Å². The van der Waals surface area contributed by atoms with Crippen LogP contribution in [0, 0.1) is 13.8 Å². The van der Waals surface area contributed by atoms with Gasteiger partial charge >= 0.3 is 0 Å². The molecule has 0 heterocycles. The van der Waals surface area contributed by atoms with Gasteiger partial charge in [-0.25, -0.2) is 8.42 Å². The molecule has 28 heavy (non-hydrogen) atoms. The van der Waals surface area contributed by atoms with E-state index in [1.165, 1.54) is 12.1 Å². The van der Waals surface area contributed by atoms with Crippen LogP contribution < -0.4 is 15.5 Å². The normalized spacial score (nSPS) is 12.3. The zero-order valence-corrected chi connectivity index (χ0v) is 17.3. The van der Waals surface area contributed by atoms with Crippen molar-refractivity contribution in [2.75, 3.05) is 37.0 Å². The lowest BCUT2D eigenvalue weighted by Gasteiger charge is -2.15. The second kappa shape index (κ2) is 8.99. The number of para-hydroxylation sites is 1. The Labute approximate surface area is 165 Å². The fourth-order valence-electron chi connectivity index (χ4n) is 2.78. The predicted molar refractivity (Wildman–Crippen MR) is 109 cm³/mol. The van der Waals surface area contributed by atoms with Gasteiger partial charge in [0.15, 0.2) is 22.9 Å². The molecule has 2 aromatic carbocycles. The summed E-state index contributed by atoms with van der Waals surface area (Å²) in [5.74, 6) is -0.566. The van der Waals surface area contributed by atoms with E-state index in [-0.39, 0.29) is 35.5 Å². The summed E-state index contributed by atoms with van der Waals surface area (Å²) < 4.78 is 23.6. The number of quaternary nitrogens is 1. The number of aryl methyl sites for hydroxylation is 1. The number of carbonyl (C=O) groups excluding carboxylic acids is 2. The molecule has 150 valence electrons. The van der Waals surface area contributed by atoms with Gasteiger partial charge in [-0.05, 0) is 43.2 Å². The molecular formula is C20H26N3O4S+. The second-order valence-electron chi connectivity index (χ2n) is 6.92. The first-order valence-corrected chi connectivity index (χ1v) is 10.7. The number of anilines is 2. The number of amides is 2. The predicted octanol–water partition coefficient (Wildman–Crippen LogP) is 0.799. The number of sulfone groups is 1. The second-order valence-corrected chi connectivity index (χ2v) is 8.91. The molecule has 0 spiro atoms. The molecule has 0 aliphatic rings. The van der Waals surface area contributed by atoms with E-state index >= 15 is 0 Å². The van der Waals surface area contributed by atoms with E-state index in [0.717, 1.165) is 23.1 Å². The summed E-state index contributed by atoms with van der Waals surface area (Å²) in [4.78, 5) is 25.3. The summed E-state index contributed by atoms with van der Waals surface area (Å²) in [6.45, 7) is 4.04. The highest BCUT2D eigenvalue weighted by atomic mass is 32.2. The molecule has 2 amide bonds.